The van der Waals surface area contributed by atoms with Crippen LogP contribution in [0.5, 0.6) is 11.5 Å². The summed E-state index contributed by atoms with van der Waals surface area (Å²) in [5.41, 5.74) is 7.64. The predicted octanol–water partition coefficient (Wildman–Crippen LogP) is 10.0. The number of hydrogen-bond acceptors (Lipinski definition) is 4. The van der Waals surface area contributed by atoms with Crippen molar-refractivity contribution in [3.8, 4) is 11.5 Å². The van der Waals surface area contributed by atoms with Gasteiger partial charge in [-0.1, -0.05) is 59.2 Å². The van der Waals surface area contributed by atoms with E-state index in [1.807, 2.05) is 33.8 Å². The summed E-state index contributed by atoms with van der Waals surface area (Å²) in [6.45, 7) is 23.7. The molecule has 0 aliphatic carbocycles. The fourth-order valence-electron chi connectivity index (χ4n) is 5.89. The van der Waals surface area contributed by atoms with E-state index in [0.29, 0.717) is 23.9 Å². The van der Waals surface area contributed by atoms with E-state index in [4.69, 9.17) is 0 Å². The molecule has 0 spiro atoms. The fraction of sp³-hybridized carbons (Fsp3) is 0.459. The zero-order valence-corrected chi connectivity index (χ0v) is 26.8. The Bertz CT molecular complexity index is 1300. The number of phenols is 2. The average Bonchev–Trinajstić information content (AvgIpc) is 2.85. The number of anilines is 3. The minimum Gasteiger partial charge on any atom is -0.507 e. The maximum absolute atomic E-state index is 11.3. The fourth-order valence-corrected chi connectivity index (χ4v) is 5.89. The monoisotopic (exact) mass is 556 g/mol. The van der Waals surface area contributed by atoms with Gasteiger partial charge >= 0.3 is 0 Å². The zero-order valence-electron chi connectivity index (χ0n) is 26.8. The molecule has 4 nitrogen and oxygen atoms in total. The highest BCUT2D eigenvalue weighted by Crippen LogP contribution is 2.43. The average molecular weight is 557 g/mol. The lowest BCUT2D eigenvalue weighted by Crippen LogP contribution is -2.33. The highest BCUT2D eigenvalue weighted by molar-refractivity contribution is 5.64. The van der Waals surface area contributed by atoms with Crippen molar-refractivity contribution in [2.45, 2.75) is 99.6 Å². The molecule has 0 heterocycles. The molecule has 0 saturated carbocycles. The van der Waals surface area contributed by atoms with Gasteiger partial charge in [-0.2, -0.15) is 0 Å². The second-order valence-electron chi connectivity index (χ2n) is 13.6. The Labute approximate surface area is 249 Å². The van der Waals surface area contributed by atoms with Gasteiger partial charge in [-0.15, -0.1) is 6.58 Å². The summed E-state index contributed by atoms with van der Waals surface area (Å²) in [7, 11) is 0. The molecule has 0 aliphatic heterocycles. The molecule has 0 bridgehead atoms. The number of nitrogens with one attached hydrogen (secondary N) is 1. The van der Waals surface area contributed by atoms with Gasteiger partial charge < -0.3 is 20.4 Å². The second-order valence-corrected chi connectivity index (χ2v) is 13.6. The molecule has 4 heteroatoms. The van der Waals surface area contributed by atoms with Crippen molar-refractivity contribution in [1.29, 1.82) is 0 Å². The number of nitrogens with zero attached hydrogens (tertiary/aromatic N) is 1. The van der Waals surface area contributed by atoms with Crippen LogP contribution in [0.2, 0.25) is 0 Å². The number of aromatic hydroxyl groups is 2. The van der Waals surface area contributed by atoms with Crippen molar-refractivity contribution in [3.05, 3.63) is 89.0 Å². The molecule has 3 rings (SSSR count). The molecule has 2 atom stereocenters. The van der Waals surface area contributed by atoms with Gasteiger partial charge in [-0.3, -0.25) is 0 Å². The lowest BCUT2D eigenvalue weighted by molar-refractivity contribution is 0.402. The normalized spacial score (nSPS) is 13.2. The number of rotatable bonds is 12. The Morgan fingerprint density at radius 2 is 1.46 bits per heavy atom. The first-order valence-corrected chi connectivity index (χ1v) is 15.1. The Hall–Kier alpha value is -3.40. The van der Waals surface area contributed by atoms with Crippen molar-refractivity contribution in [1.82, 2.24) is 0 Å². The van der Waals surface area contributed by atoms with Gasteiger partial charge in [0.2, 0.25) is 0 Å². The van der Waals surface area contributed by atoms with Gasteiger partial charge in [0.05, 0.1) is 0 Å². The molecule has 0 fully saturated rings. The summed E-state index contributed by atoms with van der Waals surface area (Å²) in [6.07, 6.45) is 3.14. The summed E-state index contributed by atoms with van der Waals surface area (Å²) in [5.74, 6) is 1.51. The van der Waals surface area contributed by atoms with Crippen LogP contribution in [0, 0.1) is 18.8 Å². The standard InChI is InChI=1S/C37H52N2O2/c1-24(2)19-26(5)21-29-11-13-31(14-12-29)38-32-15-17-33(18-16-32)39(28(7)20-25(3)4)23-30-22-27(6)35(40)34(36(30)41)37(8,9)10/h11-18,22,25-26,28,38,40-41H,1,19-21,23H2,2-10H3. The number of allylic oxidation sites excluding steroid dienone is 1. The van der Waals surface area contributed by atoms with Gasteiger partial charge in [0, 0.05) is 40.8 Å². The predicted molar refractivity (Wildman–Crippen MR) is 177 cm³/mol. The molecule has 0 saturated heterocycles. The lowest BCUT2D eigenvalue weighted by Gasteiger charge is -2.34. The molecule has 3 N–H and O–H groups in total. The first-order valence-electron chi connectivity index (χ1n) is 15.1. The third kappa shape index (κ3) is 8.79. The first kappa shape index (κ1) is 32.1. The van der Waals surface area contributed by atoms with Gasteiger partial charge in [0.1, 0.15) is 11.5 Å². The Morgan fingerprint density at radius 1 is 0.902 bits per heavy atom. The van der Waals surface area contributed by atoms with E-state index in [1.165, 1.54) is 11.1 Å². The summed E-state index contributed by atoms with van der Waals surface area (Å²) in [6, 6.07) is 19.5. The molecule has 3 aromatic rings. The molecule has 3 aromatic carbocycles. The van der Waals surface area contributed by atoms with E-state index >= 15 is 0 Å². The molecule has 2 unspecified atom stereocenters. The molecule has 0 aromatic heterocycles. The van der Waals surface area contributed by atoms with Crippen LogP contribution in [0.25, 0.3) is 0 Å². The Morgan fingerprint density at radius 3 is 1.98 bits per heavy atom. The highest BCUT2D eigenvalue weighted by Gasteiger charge is 2.27. The Balaban J connectivity index is 1.83. The molecule has 0 aliphatic rings. The number of aryl methyl sites for hydroxylation is 1. The van der Waals surface area contributed by atoms with Crippen LogP contribution >= 0.6 is 0 Å². The minimum atomic E-state index is -0.377. The maximum Gasteiger partial charge on any atom is 0.128 e. The van der Waals surface area contributed by atoms with Crippen LogP contribution in [-0.4, -0.2) is 16.3 Å². The third-order valence-electron chi connectivity index (χ3n) is 7.70. The van der Waals surface area contributed by atoms with Crippen LogP contribution in [0.15, 0.2) is 66.7 Å². The molecule has 41 heavy (non-hydrogen) atoms. The molecule has 0 amide bonds. The second kappa shape index (κ2) is 13.5. The molecule has 0 radical (unpaired) electrons. The zero-order chi connectivity index (χ0) is 30.5. The number of phenolic OH excluding ortho intramolecular Hbond substituents is 2. The quantitative estimate of drug-likeness (QED) is 0.194. The molecular weight excluding hydrogens is 504 g/mol. The summed E-state index contributed by atoms with van der Waals surface area (Å²) in [4.78, 5) is 2.36. The Kier molecular flexibility index (Phi) is 10.6. The van der Waals surface area contributed by atoms with E-state index < -0.39 is 0 Å². The highest BCUT2D eigenvalue weighted by atomic mass is 16.3. The van der Waals surface area contributed by atoms with Crippen LogP contribution in [0.3, 0.4) is 0 Å². The van der Waals surface area contributed by atoms with E-state index in [1.54, 1.807) is 0 Å². The van der Waals surface area contributed by atoms with Crippen LogP contribution in [0.4, 0.5) is 17.1 Å². The molecular formula is C37H52N2O2. The van der Waals surface area contributed by atoms with Gasteiger partial charge in [-0.25, -0.2) is 0 Å². The third-order valence-corrected chi connectivity index (χ3v) is 7.70. The van der Waals surface area contributed by atoms with Gasteiger partial charge in [0.15, 0.2) is 0 Å². The SMILES string of the molecule is C=C(C)CC(C)Cc1ccc(Nc2ccc(N(Cc3cc(C)c(O)c(C(C)(C)C)c3O)C(C)CC(C)C)cc2)cc1. The van der Waals surface area contributed by atoms with E-state index in [9.17, 15) is 10.2 Å². The van der Waals surface area contributed by atoms with Crippen LogP contribution in [0.1, 0.15) is 90.5 Å². The number of benzene rings is 3. The van der Waals surface area contributed by atoms with Gasteiger partial charge in [0.25, 0.3) is 0 Å². The molecule has 222 valence electrons. The summed E-state index contributed by atoms with van der Waals surface area (Å²) < 4.78 is 0. The number of hydrogen-bond donors (Lipinski definition) is 3. The van der Waals surface area contributed by atoms with E-state index in [0.717, 1.165) is 47.5 Å². The van der Waals surface area contributed by atoms with Crippen LogP contribution in [-0.2, 0) is 18.4 Å². The van der Waals surface area contributed by atoms with Gasteiger partial charge in [-0.05, 0) is 111 Å². The smallest absolute Gasteiger partial charge is 0.128 e. The minimum absolute atomic E-state index is 0.186. The first-order chi connectivity index (χ1) is 19.1. The van der Waals surface area contributed by atoms with Crippen molar-refractivity contribution in [2.75, 3.05) is 10.2 Å². The van der Waals surface area contributed by atoms with Crippen molar-refractivity contribution >= 4 is 17.1 Å². The summed E-state index contributed by atoms with van der Waals surface area (Å²) in [5, 5.41) is 25.6. The maximum atomic E-state index is 11.3. The summed E-state index contributed by atoms with van der Waals surface area (Å²) >= 11 is 0. The lowest BCUT2D eigenvalue weighted by atomic mass is 9.83. The largest absolute Gasteiger partial charge is 0.507 e. The van der Waals surface area contributed by atoms with Crippen molar-refractivity contribution in [2.24, 2.45) is 11.8 Å². The topological polar surface area (TPSA) is 55.7 Å². The van der Waals surface area contributed by atoms with Crippen molar-refractivity contribution in [3.63, 3.8) is 0 Å². The van der Waals surface area contributed by atoms with Crippen molar-refractivity contribution < 1.29 is 10.2 Å². The van der Waals surface area contributed by atoms with E-state index in [2.05, 4.69) is 99.9 Å². The van der Waals surface area contributed by atoms with E-state index in [-0.39, 0.29) is 23.0 Å². The van der Waals surface area contributed by atoms with Crippen LogP contribution < -0.4 is 10.2 Å².